The van der Waals surface area contributed by atoms with Gasteiger partial charge in [0.1, 0.15) is 0 Å². The van der Waals surface area contributed by atoms with Crippen LogP contribution >= 0.6 is 0 Å². The van der Waals surface area contributed by atoms with Gasteiger partial charge in [-0.15, -0.1) is 0 Å². The van der Waals surface area contributed by atoms with E-state index in [9.17, 15) is 0 Å². The summed E-state index contributed by atoms with van der Waals surface area (Å²) in [5.41, 5.74) is 2.27. The third kappa shape index (κ3) is 4.85. The molecular formula is C12H23N3O2. The van der Waals surface area contributed by atoms with Gasteiger partial charge in [-0.05, 0) is 20.8 Å². The van der Waals surface area contributed by atoms with Gasteiger partial charge in [0.2, 0.25) is 0 Å². The molecule has 1 aromatic heterocycles. The van der Waals surface area contributed by atoms with Crippen molar-refractivity contribution < 1.29 is 9.47 Å². The average Bonchev–Trinajstić information content (AvgIpc) is 2.58. The van der Waals surface area contributed by atoms with Crippen LogP contribution in [0.2, 0.25) is 0 Å². The first-order chi connectivity index (χ1) is 8.17. The molecule has 5 nitrogen and oxygen atoms in total. The quantitative estimate of drug-likeness (QED) is 0.695. The fourth-order valence-electron chi connectivity index (χ4n) is 1.68. The summed E-state index contributed by atoms with van der Waals surface area (Å²) in [5.74, 6) is 0. The van der Waals surface area contributed by atoms with Gasteiger partial charge in [0.15, 0.2) is 6.29 Å². The van der Waals surface area contributed by atoms with Crippen LogP contribution in [0.5, 0.6) is 0 Å². The smallest absolute Gasteiger partial charge is 0.169 e. The highest BCUT2D eigenvalue weighted by Gasteiger charge is 2.08. The Morgan fingerprint density at radius 3 is 2.47 bits per heavy atom. The van der Waals surface area contributed by atoms with Crippen molar-refractivity contribution in [3.05, 3.63) is 17.5 Å². The molecule has 0 atom stereocenters. The van der Waals surface area contributed by atoms with E-state index in [-0.39, 0.29) is 6.29 Å². The van der Waals surface area contributed by atoms with E-state index in [1.165, 1.54) is 5.56 Å². The van der Waals surface area contributed by atoms with Crippen LogP contribution in [0.1, 0.15) is 25.1 Å². The van der Waals surface area contributed by atoms with E-state index < -0.39 is 0 Å². The number of hydrogen-bond acceptors (Lipinski definition) is 4. The van der Waals surface area contributed by atoms with Gasteiger partial charge in [0.05, 0.1) is 5.69 Å². The van der Waals surface area contributed by atoms with Crippen molar-refractivity contribution in [2.75, 3.05) is 19.8 Å². The summed E-state index contributed by atoms with van der Waals surface area (Å²) >= 11 is 0. The highest BCUT2D eigenvalue weighted by atomic mass is 16.7. The second-order valence-corrected chi connectivity index (χ2v) is 3.88. The lowest BCUT2D eigenvalue weighted by Gasteiger charge is -2.17. The van der Waals surface area contributed by atoms with E-state index in [1.54, 1.807) is 0 Å². The number of ether oxygens (including phenoxy) is 2. The van der Waals surface area contributed by atoms with E-state index in [0.29, 0.717) is 19.8 Å². The molecule has 1 heterocycles. The minimum atomic E-state index is -0.165. The molecule has 0 radical (unpaired) electrons. The minimum Gasteiger partial charge on any atom is -0.352 e. The first-order valence-corrected chi connectivity index (χ1v) is 6.10. The molecule has 0 aliphatic rings. The molecule has 17 heavy (non-hydrogen) atoms. The molecule has 0 spiro atoms. The van der Waals surface area contributed by atoms with Crippen molar-refractivity contribution in [3.8, 4) is 0 Å². The van der Waals surface area contributed by atoms with Crippen LogP contribution < -0.4 is 5.32 Å². The molecule has 1 aromatic rings. The average molecular weight is 241 g/mol. The van der Waals surface area contributed by atoms with Gasteiger partial charge in [-0.2, -0.15) is 5.10 Å². The van der Waals surface area contributed by atoms with Crippen molar-refractivity contribution in [1.82, 2.24) is 15.1 Å². The van der Waals surface area contributed by atoms with Gasteiger partial charge in [0, 0.05) is 45.1 Å². The molecule has 0 fully saturated rings. The third-order valence-corrected chi connectivity index (χ3v) is 2.45. The number of nitrogens with one attached hydrogen (secondary N) is 1. The second-order valence-electron chi connectivity index (χ2n) is 3.88. The summed E-state index contributed by atoms with van der Waals surface area (Å²) in [7, 11) is 1.93. The van der Waals surface area contributed by atoms with E-state index in [4.69, 9.17) is 9.47 Å². The number of rotatable bonds is 8. The molecule has 0 unspecified atom stereocenters. The third-order valence-electron chi connectivity index (χ3n) is 2.45. The standard InChI is InChI=1S/C12H23N3O2/c1-5-16-12(17-6-2)8-13-7-11-9-15(4)14-10(11)3/h9,12-13H,5-8H2,1-4H3. The van der Waals surface area contributed by atoms with E-state index in [1.807, 2.05) is 38.7 Å². The van der Waals surface area contributed by atoms with Crippen molar-refractivity contribution in [3.63, 3.8) is 0 Å². The maximum atomic E-state index is 5.45. The number of hydrogen-bond donors (Lipinski definition) is 1. The molecular weight excluding hydrogens is 218 g/mol. The Kier molecular flexibility index (Phi) is 6.18. The van der Waals surface area contributed by atoms with Gasteiger partial charge in [-0.1, -0.05) is 0 Å². The molecule has 5 heteroatoms. The van der Waals surface area contributed by atoms with Crippen LogP contribution in [0, 0.1) is 6.92 Å². The van der Waals surface area contributed by atoms with Crippen LogP contribution in [-0.2, 0) is 23.1 Å². The SMILES string of the molecule is CCOC(CNCc1cn(C)nc1C)OCC. The van der Waals surface area contributed by atoms with Gasteiger partial charge in [0.25, 0.3) is 0 Å². The van der Waals surface area contributed by atoms with Gasteiger partial charge >= 0.3 is 0 Å². The van der Waals surface area contributed by atoms with Crippen molar-refractivity contribution in [2.45, 2.75) is 33.6 Å². The zero-order valence-corrected chi connectivity index (χ0v) is 11.2. The van der Waals surface area contributed by atoms with Crippen LogP contribution in [0.25, 0.3) is 0 Å². The van der Waals surface area contributed by atoms with E-state index >= 15 is 0 Å². The predicted octanol–water partition coefficient (Wildman–Crippen LogP) is 1.22. The summed E-state index contributed by atoms with van der Waals surface area (Å²) in [6, 6.07) is 0. The molecule has 98 valence electrons. The van der Waals surface area contributed by atoms with Crippen LogP contribution in [0.4, 0.5) is 0 Å². The molecule has 1 N–H and O–H groups in total. The van der Waals surface area contributed by atoms with Crippen molar-refractivity contribution in [1.29, 1.82) is 0 Å². The number of aryl methyl sites for hydroxylation is 2. The Labute approximate surface area is 103 Å². The summed E-state index contributed by atoms with van der Waals surface area (Å²) in [6.45, 7) is 8.76. The molecule has 0 aliphatic heterocycles. The summed E-state index contributed by atoms with van der Waals surface area (Å²) < 4.78 is 12.7. The topological polar surface area (TPSA) is 48.3 Å². The van der Waals surface area contributed by atoms with Gasteiger partial charge in [-0.25, -0.2) is 0 Å². The summed E-state index contributed by atoms with van der Waals surface area (Å²) in [4.78, 5) is 0. The molecule has 0 saturated heterocycles. The van der Waals surface area contributed by atoms with Crippen LogP contribution in [0.15, 0.2) is 6.20 Å². The Bertz CT molecular complexity index is 320. The monoisotopic (exact) mass is 241 g/mol. The first-order valence-electron chi connectivity index (χ1n) is 6.10. The van der Waals surface area contributed by atoms with Crippen molar-refractivity contribution >= 4 is 0 Å². The Morgan fingerprint density at radius 2 is 2.00 bits per heavy atom. The normalized spacial score (nSPS) is 11.4. The Hall–Kier alpha value is -0.910. The molecule has 0 saturated carbocycles. The Balaban J connectivity index is 2.32. The number of aromatic nitrogens is 2. The Morgan fingerprint density at radius 1 is 1.35 bits per heavy atom. The zero-order valence-electron chi connectivity index (χ0n) is 11.2. The molecule has 0 bridgehead atoms. The van der Waals surface area contributed by atoms with Crippen LogP contribution in [-0.4, -0.2) is 35.8 Å². The maximum absolute atomic E-state index is 5.45. The molecule has 1 rings (SSSR count). The van der Waals surface area contributed by atoms with E-state index in [2.05, 4.69) is 10.4 Å². The summed E-state index contributed by atoms with van der Waals surface area (Å²) in [6.07, 6.45) is 1.86. The minimum absolute atomic E-state index is 0.165. The highest BCUT2D eigenvalue weighted by Crippen LogP contribution is 2.04. The highest BCUT2D eigenvalue weighted by molar-refractivity contribution is 5.14. The second kappa shape index (κ2) is 7.42. The lowest BCUT2D eigenvalue weighted by molar-refractivity contribution is -0.133. The summed E-state index contributed by atoms with van der Waals surface area (Å²) in [5, 5.41) is 7.62. The largest absolute Gasteiger partial charge is 0.352 e. The first kappa shape index (κ1) is 14.2. The lowest BCUT2D eigenvalue weighted by Crippen LogP contribution is -2.31. The lowest BCUT2D eigenvalue weighted by atomic mass is 10.2. The van der Waals surface area contributed by atoms with Gasteiger partial charge < -0.3 is 14.8 Å². The zero-order chi connectivity index (χ0) is 12.7. The van der Waals surface area contributed by atoms with Crippen molar-refractivity contribution in [2.24, 2.45) is 7.05 Å². The predicted molar refractivity (Wildman–Crippen MR) is 66.7 cm³/mol. The van der Waals surface area contributed by atoms with Gasteiger partial charge in [-0.3, -0.25) is 4.68 Å². The molecule has 0 aliphatic carbocycles. The molecule has 0 aromatic carbocycles. The van der Waals surface area contributed by atoms with Crippen LogP contribution in [0.3, 0.4) is 0 Å². The fourth-order valence-corrected chi connectivity index (χ4v) is 1.68. The number of nitrogens with zero attached hydrogens (tertiary/aromatic N) is 2. The van der Waals surface area contributed by atoms with E-state index in [0.717, 1.165) is 12.2 Å². The fraction of sp³-hybridized carbons (Fsp3) is 0.750. The molecule has 0 amide bonds. The maximum Gasteiger partial charge on any atom is 0.169 e.